The molecular formula is C22H29O3PS. The zero-order valence-corrected chi connectivity index (χ0v) is 18.0. The van der Waals surface area contributed by atoms with Crippen molar-refractivity contribution in [1.82, 2.24) is 0 Å². The molecule has 1 aliphatic rings. The van der Waals surface area contributed by atoms with Gasteiger partial charge in [0, 0.05) is 0 Å². The molecule has 1 saturated carbocycles. The van der Waals surface area contributed by atoms with E-state index in [1.165, 1.54) is 16.9 Å². The number of benzene rings is 2. The fraction of sp³-hybridized carbons (Fsp3) is 0.455. The first kappa shape index (κ1) is 20.5. The fourth-order valence-electron chi connectivity index (χ4n) is 4.34. The average molecular weight is 405 g/mol. The van der Waals surface area contributed by atoms with Crippen molar-refractivity contribution >= 4 is 28.6 Å². The molecule has 146 valence electrons. The minimum absolute atomic E-state index is 0.204. The Morgan fingerprint density at radius 3 is 1.89 bits per heavy atom. The summed E-state index contributed by atoms with van der Waals surface area (Å²) in [6.07, 6.45) is 3.85. The molecule has 0 spiro atoms. The van der Waals surface area contributed by atoms with Gasteiger partial charge in [0.2, 0.25) is 0 Å². The lowest BCUT2D eigenvalue weighted by atomic mass is 9.93. The van der Waals surface area contributed by atoms with Crippen molar-refractivity contribution in [2.45, 2.75) is 44.9 Å². The van der Waals surface area contributed by atoms with Gasteiger partial charge in [0.25, 0.3) is 10.1 Å². The molecule has 2 aromatic rings. The molecule has 3 atom stereocenters. The second-order valence-corrected chi connectivity index (χ2v) is 11.7. The molecule has 3 nitrogen and oxygen atoms in total. The monoisotopic (exact) mass is 404 g/mol. The van der Waals surface area contributed by atoms with Crippen LogP contribution in [0.3, 0.4) is 0 Å². The third kappa shape index (κ3) is 5.19. The van der Waals surface area contributed by atoms with Crippen molar-refractivity contribution in [1.29, 1.82) is 0 Å². The lowest BCUT2D eigenvalue weighted by Gasteiger charge is -2.38. The second-order valence-electron chi connectivity index (χ2n) is 7.71. The minimum Gasteiger partial charge on any atom is -0.267 e. The van der Waals surface area contributed by atoms with E-state index in [4.69, 9.17) is 4.18 Å². The quantitative estimate of drug-likeness (QED) is 0.511. The predicted molar refractivity (Wildman–Crippen MR) is 115 cm³/mol. The van der Waals surface area contributed by atoms with Crippen LogP contribution >= 0.6 is 7.92 Å². The molecule has 0 bridgehead atoms. The van der Waals surface area contributed by atoms with Crippen LogP contribution in [0.25, 0.3) is 0 Å². The van der Waals surface area contributed by atoms with E-state index < -0.39 is 18.0 Å². The Labute approximate surface area is 165 Å². The molecule has 3 rings (SSSR count). The highest BCUT2D eigenvalue weighted by Gasteiger charge is 2.42. The maximum absolute atomic E-state index is 11.8. The Morgan fingerprint density at radius 2 is 1.44 bits per heavy atom. The van der Waals surface area contributed by atoms with E-state index in [9.17, 15) is 8.42 Å². The summed E-state index contributed by atoms with van der Waals surface area (Å²) in [6.45, 7) is 4.53. The predicted octanol–water partition coefficient (Wildman–Crippen LogP) is 4.29. The molecule has 1 fully saturated rings. The van der Waals surface area contributed by atoms with Crippen molar-refractivity contribution in [3.8, 4) is 0 Å². The van der Waals surface area contributed by atoms with Gasteiger partial charge in [0.15, 0.2) is 0 Å². The zero-order valence-electron chi connectivity index (χ0n) is 16.3. The van der Waals surface area contributed by atoms with Gasteiger partial charge in [-0.05, 0) is 48.9 Å². The van der Waals surface area contributed by atoms with E-state index in [0.717, 1.165) is 19.3 Å². The number of hydrogen-bond acceptors (Lipinski definition) is 3. The van der Waals surface area contributed by atoms with Crippen molar-refractivity contribution in [2.75, 3.05) is 6.26 Å². The molecule has 0 heterocycles. The van der Waals surface area contributed by atoms with Gasteiger partial charge in [0.05, 0.1) is 12.4 Å². The molecule has 5 heteroatoms. The molecule has 2 unspecified atom stereocenters. The van der Waals surface area contributed by atoms with E-state index >= 15 is 0 Å². The van der Waals surface area contributed by atoms with Crippen molar-refractivity contribution < 1.29 is 12.6 Å². The maximum atomic E-state index is 11.8. The van der Waals surface area contributed by atoms with E-state index in [0.29, 0.717) is 11.6 Å². The average Bonchev–Trinajstić information content (AvgIpc) is 3.06. The van der Waals surface area contributed by atoms with Gasteiger partial charge in [-0.2, -0.15) is 8.42 Å². The standard InChI is InChI=1S/C22H29O3PS/c1-17(2)22(20-15-10-16-21(20)25-27(3,23)24)26(18-11-6-4-7-12-18)19-13-8-5-9-14-19/h4-9,11-14,17,20-22H,10,15-16H2,1-3H3/t20?,21?,22-/m0/s1. The molecule has 0 amide bonds. The second kappa shape index (κ2) is 8.86. The van der Waals surface area contributed by atoms with Crippen LogP contribution in [0.4, 0.5) is 0 Å². The summed E-state index contributed by atoms with van der Waals surface area (Å²) in [6, 6.07) is 21.4. The lowest BCUT2D eigenvalue weighted by molar-refractivity contribution is 0.157. The van der Waals surface area contributed by atoms with Gasteiger partial charge >= 0.3 is 0 Å². The number of hydrogen-bond donors (Lipinski definition) is 0. The molecular weight excluding hydrogens is 375 g/mol. The Balaban J connectivity index is 2.03. The summed E-state index contributed by atoms with van der Waals surface area (Å²) in [7, 11) is -4.06. The Morgan fingerprint density at radius 1 is 0.926 bits per heavy atom. The molecule has 2 aromatic carbocycles. The molecule has 0 aromatic heterocycles. The first-order chi connectivity index (χ1) is 12.9. The largest absolute Gasteiger partial charge is 0.267 e. The van der Waals surface area contributed by atoms with Gasteiger partial charge < -0.3 is 0 Å². The lowest BCUT2D eigenvalue weighted by Crippen LogP contribution is -2.37. The van der Waals surface area contributed by atoms with Gasteiger partial charge in [-0.25, -0.2) is 0 Å². The maximum Gasteiger partial charge on any atom is 0.264 e. The molecule has 0 saturated heterocycles. The van der Waals surface area contributed by atoms with Gasteiger partial charge in [0.1, 0.15) is 0 Å². The van der Waals surface area contributed by atoms with Crippen LogP contribution in [0.5, 0.6) is 0 Å². The third-order valence-electron chi connectivity index (χ3n) is 5.29. The summed E-state index contributed by atoms with van der Waals surface area (Å²) in [4.78, 5) is 0. The van der Waals surface area contributed by atoms with Gasteiger partial charge in [-0.15, -0.1) is 0 Å². The zero-order chi connectivity index (χ0) is 19.4. The van der Waals surface area contributed by atoms with E-state index in [-0.39, 0.29) is 12.0 Å². The summed E-state index contributed by atoms with van der Waals surface area (Å²) in [5, 5.41) is 2.70. The van der Waals surface area contributed by atoms with Crippen LogP contribution in [0.1, 0.15) is 33.1 Å². The van der Waals surface area contributed by atoms with Crippen LogP contribution in [-0.4, -0.2) is 26.4 Å². The van der Waals surface area contributed by atoms with Crippen LogP contribution < -0.4 is 10.6 Å². The Hall–Kier alpha value is -1.22. The van der Waals surface area contributed by atoms with Crippen LogP contribution in [-0.2, 0) is 14.3 Å². The molecule has 0 radical (unpaired) electrons. The molecule has 27 heavy (non-hydrogen) atoms. The topological polar surface area (TPSA) is 43.4 Å². The van der Waals surface area contributed by atoms with E-state index in [1.54, 1.807) is 0 Å². The normalized spacial score (nSPS) is 21.7. The summed E-state index contributed by atoms with van der Waals surface area (Å²) in [5.41, 5.74) is 0.374. The fourth-order valence-corrected chi connectivity index (χ4v) is 8.33. The highest BCUT2D eigenvalue weighted by Crippen LogP contribution is 2.51. The van der Waals surface area contributed by atoms with Crippen molar-refractivity contribution in [3.05, 3.63) is 60.7 Å². The Bertz CT molecular complexity index is 782. The van der Waals surface area contributed by atoms with Crippen LogP contribution in [0.15, 0.2) is 60.7 Å². The SMILES string of the molecule is CC(C)[C@@H](C1CCCC1OS(C)(=O)=O)P(c1ccccc1)c1ccccc1. The molecule has 0 aliphatic heterocycles. The first-order valence-corrected chi connectivity index (χ1v) is 12.9. The minimum atomic E-state index is -3.45. The smallest absolute Gasteiger partial charge is 0.264 e. The summed E-state index contributed by atoms with van der Waals surface area (Å²) >= 11 is 0. The molecule has 1 aliphatic carbocycles. The van der Waals surface area contributed by atoms with Crippen molar-refractivity contribution in [2.24, 2.45) is 11.8 Å². The van der Waals surface area contributed by atoms with Gasteiger partial charge in [-0.3, -0.25) is 4.18 Å². The summed E-state index contributed by atoms with van der Waals surface area (Å²) in [5.74, 6) is 0.691. The van der Waals surface area contributed by atoms with Crippen LogP contribution in [0.2, 0.25) is 0 Å². The van der Waals surface area contributed by atoms with E-state index in [2.05, 4.69) is 74.5 Å². The Kier molecular flexibility index (Phi) is 6.73. The highest BCUT2D eigenvalue weighted by molar-refractivity contribution is 7.86. The third-order valence-corrected chi connectivity index (χ3v) is 9.17. The number of rotatable bonds is 7. The van der Waals surface area contributed by atoms with Crippen molar-refractivity contribution in [3.63, 3.8) is 0 Å². The first-order valence-electron chi connectivity index (χ1n) is 9.64. The summed E-state index contributed by atoms with van der Waals surface area (Å²) < 4.78 is 29.2. The molecule has 0 N–H and O–H groups in total. The van der Waals surface area contributed by atoms with E-state index in [1.807, 2.05) is 0 Å². The van der Waals surface area contributed by atoms with Gasteiger partial charge in [-0.1, -0.05) is 80.9 Å². The van der Waals surface area contributed by atoms with Crippen LogP contribution in [0, 0.1) is 11.8 Å². The highest BCUT2D eigenvalue weighted by atomic mass is 32.2.